The predicted octanol–water partition coefficient (Wildman–Crippen LogP) is 3.89. The van der Waals surface area contributed by atoms with Gasteiger partial charge in [-0.1, -0.05) is 25.3 Å². The lowest BCUT2D eigenvalue weighted by molar-refractivity contribution is -0.132. The molecule has 0 N–H and O–H groups in total. The first-order valence-electron chi connectivity index (χ1n) is 7.51. The molecule has 1 aliphatic carbocycles. The van der Waals surface area contributed by atoms with Crippen LogP contribution in [0, 0.1) is 0 Å². The Morgan fingerprint density at radius 2 is 2.00 bits per heavy atom. The molecule has 3 nitrogen and oxygen atoms in total. The first kappa shape index (κ1) is 15.2. The van der Waals surface area contributed by atoms with Crippen molar-refractivity contribution in [1.82, 2.24) is 4.90 Å². The van der Waals surface area contributed by atoms with Crippen molar-refractivity contribution in [2.45, 2.75) is 57.4 Å². The van der Waals surface area contributed by atoms with Crippen LogP contribution in [0.4, 0.5) is 0 Å². The monoisotopic (exact) mass is 293 g/mol. The highest BCUT2D eigenvalue weighted by atomic mass is 32.1. The van der Waals surface area contributed by atoms with Gasteiger partial charge in [-0.15, -0.1) is 11.3 Å². The minimum absolute atomic E-state index is 0.160. The number of hydrogen-bond donors (Lipinski definition) is 0. The van der Waals surface area contributed by atoms with Gasteiger partial charge in [-0.05, 0) is 30.7 Å². The summed E-state index contributed by atoms with van der Waals surface area (Å²) in [6, 6.07) is 4.16. The highest BCUT2D eigenvalue weighted by Gasteiger charge is 2.21. The molecule has 1 aromatic heterocycles. The van der Waals surface area contributed by atoms with Gasteiger partial charge in [0.2, 0.25) is 5.91 Å². The molecule has 110 valence electrons. The summed E-state index contributed by atoms with van der Waals surface area (Å²) in [6.45, 7) is 0. The Hall–Kier alpha value is -1.16. The molecule has 1 fully saturated rings. The summed E-state index contributed by atoms with van der Waals surface area (Å²) in [5, 5.41) is 1.91. The van der Waals surface area contributed by atoms with Crippen molar-refractivity contribution in [3.05, 3.63) is 22.4 Å². The van der Waals surface area contributed by atoms with E-state index in [1.165, 1.54) is 30.6 Å². The van der Waals surface area contributed by atoms with E-state index in [9.17, 15) is 9.59 Å². The molecule has 1 amide bonds. The van der Waals surface area contributed by atoms with Crippen molar-refractivity contribution >= 4 is 23.0 Å². The van der Waals surface area contributed by atoms with Crippen LogP contribution >= 0.6 is 11.3 Å². The van der Waals surface area contributed by atoms with E-state index in [4.69, 9.17) is 0 Å². The molecular formula is C16H23NO2S. The third kappa shape index (κ3) is 4.17. The Labute approximate surface area is 125 Å². The summed E-state index contributed by atoms with van der Waals surface area (Å²) in [5.41, 5.74) is 0. The minimum Gasteiger partial charge on any atom is -0.343 e. The fourth-order valence-corrected chi connectivity index (χ4v) is 3.50. The smallest absolute Gasteiger partial charge is 0.222 e. The van der Waals surface area contributed by atoms with Crippen LogP contribution in [0.5, 0.6) is 0 Å². The second kappa shape index (κ2) is 7.58. The number of hydrogen-bond acceptors (Lipinski definition) is 3. The third-order valence-corrected chi connectivity index (χ3v) is 5.02. The second-order valence-corrected chi connectivity index (χ2v) is 6.50. The summed E-state index contributed by atoms with van der Waals surface area (Å²) in [5.74, 6) is 0.351. The van der Waals surface area contributed by atoms with E-state index in [-0.39, 0.29) is 11.7 Å². The van der Waals surface area contributed by atoms with E-state index in [1.54, 1.807) is 0 Å². The predicted molar refractivity (Wildman–Crippen MR) is 82.1 cm³/mol. The van der Waals surface area contributed by atoms with Gasteiger partial charge < -0.3 is 4.90 Å². The van der Waals surface area contributed by atoms with Gasteiger partial charge in [-0.3, -0.25) is 9.59 Å². The maximum atomic E-state index is 12.1. The molecule has 1 saturated carbocycles. The summed E-state index contributed by atoms with van der Waals surface area (Å²) in [6.07, 6.45) is 7.67. The van der Waals surface area contributed by atoms with Crippen LogP contribution in [-0.4, -0.2) is 29.7 Å². The molecule has 1 aliphatic rings. The number of amides is 1. The largest absolute Gasteiger partial charge is 0.343 e. The molecule has 0 saturated heterocycles. The van der Waals surface area contributed by atoms with Crippen LogP contribution in [0.25, 0.3) is 0 Å². The first-order chi connectivity index (χ1) is 9.68. The highest BCUT2D eigenvalue weighted by Crippen LogP contribution is 2.22. The lowest BCUT2D eigenvalue weighted by Crippen LogP contribution is -2.38. The fourth-order valence-electron chi connectivity index (χ4n) is 2.81. The summed E-state index contributed by atoms with van der Waals surface area (Å²) in [7, 11) is 1.92. The van der Waals surface area contributed by atoms with Gasteiger partial charge in [0.1, 0.15) is 0 Å². The third-order valence-electron chi connectivity index (χ3n) is 4.11. The number of ketones is 1. The van der Waals surface area contributed by atoms with Gasteiger partial charge in [0.05, 0.1) is 4.88 Å². The number of Topliss-reactive ketones (excluding diaryl/α,β-unsaturated/α-hetero) is 1. The Morgan fingerprint density at radius 3 is 2.65 bits per heavy atom. The Morgan fingerprint density at radius 1 is 1.25 bits per heavy atom. The first-order valence-corrected chi connectivity index (χ1v) is 8.39. The Kier molecular flexibility index (Phi) is 5.77. The molecule has 20 heavy (non-hydrogen) atoms. The van der Waals surface area contributed by atoms with Crippen molar-refractivity contribution < 1.29 is 9.59 Å². The molecule has 4 heteroatoms. The number of carbonyl (C=O) groups is 2. The minimum atomic E-state index is 0.160. The number of rotatable bonds is 6. The average molecular weight is 293 g/mol. The number of nitrogens with zero attached hydrogens (tertiary/aromatic N) is 1. The molecule has 0 aliphatic heterocycles. The van der Waals surface area contributed by atoms with E-state index in [0.717, 1.165) is 17.7 Å². The number of thiophene rings is 1. The van der Waals surface area contributed by atoms with Crippen LogP contribution in [0.15, 0.2) is 17.5 Å². The molecule has 0 aromatic carbocycles. The summed E-state index contributed by atoms with van der Waals surface area (Å²) in [4.78, 5) is 26.7. The highest BCUT2D eigenvalue weighted by molar-refractivity contribution is 7.12. The fraction of sp³-hybridized carbons (Fsp3) is 0.625. The lowest BCUT2D eigenvalue weighted by atomic mass is 9.94. The SMILES string of the molecule is CN(C(=O)CCCC(=O)c1cccs1)C1CCCCC1. The molecule has 0 radical (unpaired) electrons. The molecule has 2 rings (SSSR count). The van der Waals surface area contributed by atoms with E-state index < -0.39 is 0 Å². The van der Waals surface area contributed by atoms with Gasteiger partial charge in [0.15, 0.2) is 5.78 Å². The van der Waals surface area contributed by atoms with Gasteiger partial charge >= 0.3 is 0 Å². The van der Waals surface area contributed by atoms with Crippen molar-refractivity contribution in [2.75, 3.05) is 7.05 Å². The van der Waals surface area contributed by atoms with E-state index in [1.807, 2.05) is 29.5 Å². The quantitative estimate of drug-likeness (QED) is 0.746. The number of carbonyl (C=O) groups excluding carboxylic acids is 2. The second-order valence-electron chi connectivity index (χ2n) is 5.55. The van der Waals surface area contributed by atoms with Crippen LogP contribution in [-0.2, 0) is 4.79 Å². The van der Waals surface area contributed by atoms with Crippen molar-refractivity contribution in [3.8, 4) is 0 Å². The van der Waals surface area contributed by atoms with Crippen molar-refractivity contribution in [2.24, 2.45) is 0 Å². The summed E-state index contributed by atoms with van der Waals surface area (Å²) >= 11 is 1.47. The Bertz CT molecular complexity index is 435. The molecule has 0 atom stereocenters. The van der Waals surface area contributed by atoms with Gasteiger partial charge in [0.25, 0.3) is 0 Å². The van der Waals surface area contributed by atoms with E-state index in [0.29, 0.717) is 25.3 Å². The molecule has 0 unspecified atom stereocenters. The van der Waals surface area contributed by atoms with Crippen LogP contribution < -0.4 is 0 Å². The molecule has 1 aromatic rings. The molecule has 1 heterocycles. The molecular weight excluding hydrogens is 270 g/mol. The van der Waals surface area contributed by atoms with E-state index in [2.05, 4.69) is 0 Å². The van der Waals surface area contributed by atoms with Crippen LogP contribution in [0.2, 0.25) is 0 Å². The Balaban J connectivity index is 1.70. The zero-order valence-corrected chi connectivity index (χ0v) is 13.0. The topological polar surface area (TPSA) is 37.4 Å². The van der Waals surface area contributed by atoms with Crippen LogP contribution in [0.1, 0.15) is 61.0 Å². The molecule has 0 spiro atoms. The van der Waals surface area contributed by atoms with Crippen molar-refractivity contribution in [3.63, 3.8) is 0 Å². The van der Waals surface area contributed by atoms with Gasteiger partial charge in [-0.2, -0.15) is 0 Å². The zero-order valence-electron chi connectivity index (χ0n) is 12.1. The molecule has 0 bridgehead atoms. The average Bonchev–Trinajstić information content (AvgIpc) is 3.01. The zero-order chi connectivity index (χ0) is 14.4. The lowest BCUT2D eigenvalue weighted by Gasteiger charge is -2.31. The maximum Gasteiger partial charge on any atom is 0.222 e. The van der Waals surface area contributed by atoms with E-state index >= 15 is 0 Å². The maximum absolute atomic E-state index is 12.1. The summed E-state index contributed by atoms with van der Waals surface area (Å²) < 4.78 is 0. The van der Waals surface area contributed by atoms with Gasteiger partial charge in [0, 0.05) is 25.9 Å². The standard InChI is InChI=1S/C16H23NO2S/c1-17(13-7-3-2-4-8-13)16(19)11-5-9-14(18)15-10-6-12-20-15/h6,10,12-13H,2-5,7-9,11H2,1H3. The van der Waals surface area contributed by atoms with Crippen molar-refractivity contribution in [1.29, 1.82) is 0 Å². The van der Waals surface area contributed by atoms with Crippen LogP contribution in [0.3, 0.4) is 0 Å². The normalized spacial score (nSPS) is 16.1. The van der Waals surface area contributed by atoms with Gasteiger partial charge in [-0.25, -0.2) is 0 Å².